The van der Waals surface area contributed by atoms with Crippen molar-refractivity contribution in [3.8, 4) is 11.1 Å². The van der Waals surface area contributed by atoms with Crippen molar-refractivity contribution in [3.05, 3.63) is 59.7 Å². The van der Waals surface area contributed by atoms with Gasteiger partial charge in [0.15, 0.2) is 0 Å². The summed E-state index contributed by atoms with van der Waals surface area (Å²) in [6.07, 6.45) is 0.840. The highest BCUT2D eigenvalue weighted by atomic mass is 16.5. The number of aliphatic carboxylic acids is 1. The standard InChI is InChI=1S/C26H30N2O5/c1-17(25(31)28-13-11-18(15-28)14-24(29)30)10-12-27-26(32)33-16-23-21-8-4-2-6-19(21)20-7-3-5-9-22(20)23/h2-9,17-18,23H,10-16H2,1H3,(H,27,32)(H,29,30). The molecular weight excluding hydrogens is 420 g/mol. The first-order valence-corrected chi connectivity index (χ1v) is 11.5. The number of alkyl carbamates (subject to hydrolysis) is 1. The van der Waals surface area contributed by atoms with E-state index in [4.69, 9.17) is 9.84 Å². The summed E-state index contributed by atoms with van der Waals surface area (Å²) >= 11 is 0. The minimum Gasteiger partial charge on any atom is -0.481 e. The van der Waals surface area contributed by atoms with Crippen molar-refractivity contribution in [1.82, 2.24) is 10.2 Å². The molecule has 33 heavy (non-hydrogen) atoms. The summed E-state index contributed by atoms with van der Waals surface area (Å²) in [5, 5.41) is 11.7. The van der Waals surface area contributed by atoms with Crippen LogP contribution in [0, 0.1) is 11.8 Å². The Labute approximate surface area is 193 Å². The van der Waals surface area contributed by atoms with E-state index >= 15 is 0 Å². The van der Waals surface area contributed by atoms with Crippen molar-refractivity contribution in [1.29, 1.82) is 0 Å². The van der Waals surface area contributed by atoms with Crippen LogP contribution in [0.3, 0.4) is 0 Å². The molecule has 2 aliphatic rings. The van der Waals surface area contributed by atoms with Crippen LogP contribution in [-0.4, -0.2) is 54.2 Å². The van der Waals surface area contributed by atoms with Crippen molar-refractivity contribution >= 4 is 18.0 Å². The number of carbonyl (C=O) groups excluding carboxylic acids is 2. The molecule has 1 saturated heterocycles. The van der Waals surface area contributed by atoms with Gasteiger partial charge in [0, 0.05) is 37.9 Å². The smallest absolute Gasteiger partial charge is 0.407 e. The molecule has 1 fully saturated rings. The van der Waals surface area contributed by atoms with E-state index in [1.165, 1.54) is 11.1 Å². The second-order valence-electron chi connectivity index (χ2n) is 8.98. The first-order chi connectivity index (χ1) is 15.9. The fourth-order valence-corrected chi connectivity index (χ4v) is 4.92. The van der Waals surface area contributed by atoms with Gasteiger partial charge in [0.25, 0.3) is 0 Å². The van der Waals surface area contributed by atoms with Gasteiger partial charge in [-0.1, -0.05) is 55.5 Å². The monoisotopic (exact) mass is 450 g/mol. The van der Waals surface area contributed by atoms with Gasteiger partial charge in [-0.2, -0.15) is 0 Å². The molecule has 7 heteroatoms. The number of hydrogen-bond acceptors (Lipinski definition) is 4. The SMILES string of the molecule is CC(CCNC(=O)OCC1c2ccccc2-c2ccccc21)C(=O)N1CCC(CC(=O)O)C1. The predicted octanol–water partition coefficient (Wildman–Crippen LogP) is 3.87. The molecule has 4 rings (SSSR count). The van der Waals surface area contributed by atoms with Gasteiger partial charge in [-0.3, -0.25) is 9.59 Å². The molecule has 2 unspecified atom stereocenters. The van der Waals surface area contributed by atoms with Gasteiger partial charge >= 0.3 is 12.1 Å². The highest BCUT2D eigenvalue weighted by molar-refractivity contribution is 5.80. The van der Waals surface area contributed by atoms with E-state index < -0.39 is 12.1 Å². The van der Waals surface area contributed by atoms with Crippen molar-refractivity contribution < 1.29 is 24.2 Å². The van der Waals surface area contributed by atoms with E-state index in [9.17, 15) is 14.4 Å². The van der Waals surface area contributed by atoms with E-state index in [1.54, 1.807) is 4.90 Å². The van der Waals surface area contributed by atoms with Crippen LogP contribution in [0.2, 0.25) is 0 Å². The zero-order valence-corrected chi connectivity index (χ0v) is 18.8. The number of fused-ring (bicyclic) bond motifs is 3. The van der Waals surface area contributed by atoms with E-state index in [0.717, 1.165) is 17.5 Å². The molecular formula is C26H30N2O5. The molecule has 1 heterocycles. The molecule has 2 atom stereocenters. The van der Waals surface area contributed by atoms with Crippen LogP contribution < -0.4 is 5.32 Å². The van der Waals surface area contributed by atoms with Crippen molar-refractivity contribution in [2.75, 3.05) is 26.2 Å². The van der Waals surface area contributed by atoms with Crippen LogP contribution in [0.15, 0.2) is 48.5 Å². The maximum atomic E-state index is 12.6. The molecule has 2 amide bonds. The summed E-state index contributed by atoms with van der Waals surface area (Å²) in [5.74, 6) is -1.02. The Bertz CT molecular complexity index is 991. The second kappa shape index (κ2) is 10.1. The van der Waals surface area contributed by atoms with Gasteiger partial charge in [-0.25, -0.2) is 4.79 Å². The zero-order chi connectivity index (χ0) is 23.4. The van der Waals surface area contributed by atoms with Gasteiger partial charge in [0.2, 0.25) is 5.91 Å². The average molecular weight is 451 g/mol. The van der Waals surface area contributed by atoms with Crippen LogP contribution in [0.25, 0.3) is 11.1 Å². The molecule has 2 aromatic carbocycles. The minimum absolute atomic E-state index is 0.0113. The summed E-state index contributed by atoms with van der Waals surface area (Å²) in [4.78, 5) is 37.5. The Morgan fingerprint density at radius 2 is 1.73 bits per heavy atom. The lowest BCUT2D eigenvalue weighted by Crippen LogP contribution is -2.35. The van der Waals surface area contributed by atoms with E-state index in [0.29, 0.717) is 26.1 Å². The summed E-state index contributed by atoms with van der Waals surface area (Å²) in [7, 11) is 0. The highest BCUT2D eigenvalue weighted by Gasteiger charge is 2.31. The van der Waals surface area contributed by atoms with Gasteiger partial charge in [-0.15, -0.1) is 0 Å². The lowest BCUT2D eigenvalue weighted by atomic mass is 9.98. The largest absolute Gasteiger partial charge is 0.481 e. The number of rotatable bonds is 8. The number of carboxylic acid groups (broad SMARTS) is 1. The third kappa shape index (κ3) is 5.18. The van der Waals surface area contributed by atoms with E-state index in [-0.39, 0.29) is 36.7 Å². The van der Waals surface area contributed by atoms with E-state index in [2.05, 4.69) is 29.6 Å². The average Bonchev–Trinajstić information content (AvgIpc) is 3.39. The quantitative estimate of drug-likeness (QED) is 0.636. The maximum absolute atomic E-state index is 12.6. The first-order valence-electron chi connectivity index (χ1n) is 11.5. The Hall–Kier alpha value is -3.35. The molecule has 0 aromatic heterocycles. The maximum Gasteiger partial charge on any atom is 0.407 e. The zero-order valence-electron chi connectivity index (χ0n) is 18.8. The number of carboxylic acids is 1. The van der Waals surface area contributed by atoms with Gasteiger partial charge in [0.05, 0.1) is 0 Å². The Morgan fingerprint density at radius 1 is 1.09 bits per heavy atom. The second-order valence-corrected chi connectivity index (χ2v) is 8.98. The molecule has 1 aliphatic carbocycles. The fraction of sp³-hybridized carbons (Fsp3) is 0.423. The number of amides is 2. The molecule has 2 N–H and O–H groups in total. The molecule has 0 radical (unpaired) electrons. The van der Waals surface area contributed by atoms with Crippen LogP contribution in [0.1, 0.15) is 43.2 Å². The van der Waals surface area contributed by atoms with Crippen LogP contribution in [0.5, 0.6) is 0 Å². The third-order valence-electron chi connectivity index (χ3n) is 6.67. The summed E-state index contributed by atoms with van der Waals surface area (Å²) < 4.78 is 5.53. The summed E-state index contributed by atoms with van der Waals surface area (Å²) in [6, 6.07) is 16.4. The van der Waals surface area contributed by atoms with Crippen LogP contribution >= 0.6 is 0 Å². The Morgan fingerprint density at radius 3 is 2.36 bits per heavy atom. The van der Waals surface area contributed by atoms with Crippen molar-refractivity contribution in [2.24, 2.45) is 11.8 Å². The molecule has 7 nitrogen and oxygen atoms in total. The molecule has 0 spiro atoms. The normalized spacial score (nSPS) is 17.8. The third-order valence-corrected chi connectivity index (χ3v) is 6.67. The number of nitrogens with zero attached hydrogens (tertiary/aromatic N) is 1. The fourth-order valence-electron chi connectivity index (χ4n) is 4.92. The number of likely N-dealkylation sites (tertiary alicyclic amines) is 1. The Balaban J connectivity index is 1.22. The predicted molar refractivity (Wildman–Crippen MR) is 124 cm³/mol. The topological polar surface area (TPSA) is 95.9 Å². The van der Waals surface area contributed by atoms with Gasteiger partial charge in [0.1, 0.15) is 6.61 Å². The first kappa shape index (κ1) is 22.8. The number of hydrogen-bond donors (Lipinski definition) is 2. The number of nitrogens with one attached hydrogen (secondary N) is 1. The van der Waals surface area contributed by atoms with Crippen molar-refractivity contribution in [2.45, 2.75) is 32.1 Å². The number of benzene rings is 2. The van der Waals surface area contributed by atoms with Gasteiger partial charge < -0.3 is 20.1 Å². The summed E-state index contributed by atoms with van der Waals surface area (Å²) in [5.41, 5.74) is 4.69. The molecule has 0 bridgehead atoms. The summed E-state index contributed by atoms with van der Waals surface area (Å²) in [6.45, 7) is 3.53. The Kier molecular flexibility index (Phi) is 6.96. The molecule has 174 valence electrons. The molecule has 2 aromatic rings. The lowest BCUT2D eigenvalue weighted by Gasteiger charge is -2.21. The molecule has 1 aliphatic heterocycles. The number of ether oxygens (including phenoxy) is 1. The van der Waals surface area contributed by atoms with Crippen LogP contribution in [-0.2, 0) is 14.3 Å². The van der Waals surface area contributed by atoms with Crippen molar-refractivity contribution in [3.63, 3.8) is 0 Å². The molecule has 0 saturated carbocycles. The minimum atomic E-state index is -0.824. The highest BCUT2D eigenvalue weighted by Crippen LogP contribution is 2.44. The van der Waals surface area contributed by atoms with E-state index in [1.807, 2.05) is 31.2 Å². The number of carbonyl (C=O) groups is 3. The van der Waals surface area contributed by atoms with Crippen LogP contribution in [0.4, 0.5) is 4.79 Å². The van der Waals surface area contributed by atoms with Gasteiger partial charge in [-0.05, 0) is 41.0 Å². The lowest BCUT2D eigenvalue weighted by molar-refractivity contribution is -0.139.